The summed E-state index contributed by atoms with van der Waals surface area (Å²) < 4.78 is 23.1. The molecule has 6 heteroatoms. The summed E-state index contributed by atoms with van der Waals surface area (Å²) in [7, 11) is -3.03. The molecule has 3 rings (SSSR count). The fourth-order valence-corrected chi connectivity index (χ4v) is 5.76. The van der Waals surface area contributed by atoms with E-state index < -0.39 is 15.9 Å². The van der Waals surface area contributed by atoms with E-state index in [0.29, 0.717) is 6.04 Å². The Balaban J connectivity index is 1.55. The monoisotopic (exact) mass is 288 g/mol. The molecule has 3 atom stereocenters. The van der Waals surface area contributed by atoms with Crippen LogP contribution in [0.25, 0.3) is 0 Å². The minimum atomic E-state index is -3.03. The van der Waals surface area contributed by atoms with Crippen LogP contribution in [0.3, 0.4) is 0 Å². The average Bonchev–Trinajstić information content (AvgIpc) is 2.97. The Kier molecular flexibility index (Phi) is 3.86. The third-order valence-corrected chi connectivity index (χ3v) is 6.70. The van der Waals surface area contributed by atoms with Gasteiger partial charge in [0.05, 0.1) is 23.7 Å². The summed E-state index contributed by atoms with van der Waals surface area (Å²) in [6, 6.07) is 0.502. The summed E-state index contributed by atoms with van der Waals surface area (Å²) >= 11 is 0. The van der Waals surface area contributed by atoms with Crippen molar-refractivity contribution in [1.29, 1.82) is 0 Å². The maximum absolute atomic E-state index is 11.6. The topological polar surface area (TPSA) is 69.6 Å². The molecule has 0 aromatic rings. The summed E-state index contributed by atoms with van der Waals surface area (Å²) in [5.74, 6) is 0.816. The maximum atomic E-state index is 11.6. The number of hydrogen-bond donors (Lipinski definition) is 2. The number of likely N-dealkylation sites (tertiary alicyclic amines) is 1. The van der Waals surface area contributed by atoms with Crippen molar-refractivity contribution in [3.63, 3.8) is 0 Å². The molecule has 0 spiro atoms. The zero-order chi connectivity index (χ0) is 13.5. The lowest BCUT2D eigenvalue weighted by Crippen LogP contribution is -2.49. The van der Waals surface area contributed by atoms with Crippen molar-refractivity contribution in [2.75, 3.05) is 31.1 Å². The van der Waals surface area contributed by atoms with Crippen LogP contribution in [0.5, 0.6) is 0 Å². The van der Waals surface area contributed by atoms with Crippen LogP contribution in [0.1, 0.15) is 25.7 Å². The maximum Gasteiger partial charge on any atom is 0.154 e. The van der Waals surface area contributed by atoms with E-state index in [0.717, 1.165) is 38.4 Å². The van der Waals surface area contributed by atoms with Gasteiger partial charge >= 0.3 is 0 Å². The minimum Gasteiger partial charge on any atom is -0.390 e. The Morgan fingerprint density at radius 2 is 1.84 bits per heavy atom. The largest absolute Gasteiger partial charge is 0.390 e. The summed E-state index contributed by atoms with van der Waals surface area (Å²) in [6.07, 6.45) is 4.13. The van der Waals surface area contributed by atoms with E-state index in [1.54, 1.807) is 0 Å². The molecule has 3 heterocycles. The van der Waals surface area contributed by atoms with Crippen molar-refractivity contribution in [3.05, 3.63) is 0 Å². The molecular formula is C13H24N2O3S. The van der Waals surface area contributed by atoms with Gasteiger partial charge in [-0.3, -0.25) is 4.90 Å². The molecule has 3 unspecified atom stereocenters. The van der Waals surface area contributed by atoms with Crippen LogP contribution in [-0.2, 0) is 9.84 Å². The second kappa shape index (κ2) is 5.31. The van der Waals surface area contributed by atoms with Crippen molar-refractivity contribution < 1.29 is 13.5 Å². The molecule has 110 valence electrons. The fourth-order valence-electron chi connectivity index (χ4n) is 3.93. The lowest BCUT2D eigenvalue weighted by molar-refractivity contribution is 0.0541. The van der Waals surface area contributed by atoms with E-state index in [2.05, 4.69) is 10.2 Å². The van der Waals surface area contributed by atoms with E-state index in [4.69, 9.17) is 0 Å². The molecule has 0 aliphatic carbocycles. The van der Waals surface area contributed by atoms with Crippen molar-refractivity contribution in [2.45, 2.75) is 43.9 Å². The molecule has 3 saturated heterocycles. The number of nitrogens with zero attached hydrogens (tertiary/aromatic N) is 1. The van der Waals surface area contributed by atoms with Gasteiger partial charge in [0.15, 0.2) is 9.84 Å². The van der Waals surface area contributed by atoms with Gasteiger partial charge in [0.2, 0.25) is 0 Å². The first-order chi connectivity index (χ1) is 9.05. The van der Waals surface area contributed by atoms with Gasteiger partial charge in [-0.25, -0.2) is 8.42 Å². The first-order valence-corrected chi connectivity index (χ1v) is 9.23. The lowest BCUT2D eigenvalue weighted by atomic mass is 9.88. The van der Waals surface area contributed by atoms with Crippen LogP contribution >= 0.6 is 0 Å². The van der Waals surface area contributed by atoms with E-state index >= 15 is 0 Å². The Morgan fingerprint density at radius 1 is 1.11 bits per heavy atom. The number of hydrogen-bond acceptors (Lipinski definition) is 5. The molecule has 3 fully saturated rings. The van der Waals surface area contributed by atoms with Gasteiger partial charge in [0.1, 0.15) is 0 Å². The Morgan fingerprint density at radius 3 is 2.37 bits per heavy atom. The third kappa shape index (κ3) is 2.96. The van der Waals surface area contributed by atoms with Crippen molar-refractivity contribution in [2.24, 2.45) is 5.92 Å². The highest BCUT2D eigenvalue weighted by molar-refractivity contribution is 7.91. The molecule has 0 radical (unpaired) electrons. The average molecular weight is 288 g/mol. The van der Waals surface area contributed by atoms with Crippen LogP contribution in [0.15, 0.2) is 0 Å². The Labute approximate surface area is 115 Å². The number of aliphatic hydroxyl groups excluding tert-OH is 1. The SMILES string of the molecule is O=S1(=O)CC(O)C(N2CCC(C3CCCN3)CC2)C1. The minimum absolute atomic E-state index is 0.0538. The normalized spacial score (nSPS) is 40.8. The van der Waals surface area contributed by atoms with Crippen molar-refractivity contribution in [1.82, 2.24) is 10.2 Å². The molecular weight excluding hydrogens is 264 g/mol. The van der Waals surface area contributed by atoms with E-state index in [1.807, 2.05) is 0 Å². The number of nitrogens with one attached hydrogen (secondary N) is 1. The second-order valence-electron chi connectivity index (χ2n) is 6.29. The first-order valence-electron chi connectivity index (χ1n) is 7.41. The predicted octanol–water partition coefficient (Wildman–Crippen LogP) is -0.392. The summed E-state index contributed by atoms with van der Waals surface area (Å²) in [5.41, 5.74) is 0. The molecule has 3 aliphatic rings. The standard InChI is InChI=1S/C13H24N2O3S/c16-13-9-19(17,18)8-12(13)15-6-3-10(4-7-15)11-2-1-5-14-11/h10-14,16H,1-9H2. The Bertz CT molecular complexity index is 412. The zero-order valence-corrected chi connectivity index (χ0v) is 12.1. The molecule has 19 heavy (non-hydrogen) atoms. The first kappa shape index (κ1) is 13.8. The van der Waals surface area contributed by atoms with Gasteiger partial charge in [0, 0.05) is 6.04 Å². The zero-order valence-electron chi connectivity index (χ0n) is 11.3. The van der Waals surface area contributed by atoms with Crippen LogP contribution in [0, 0.1) is 5.92 Å². The lowest BCUT2D eigenvalue weighted by Gasteiger charge is -2.38. The summed E-state index contributed by atoms with van der Waals surface area (Å²) in [4.78, 5) is 2.20. The van der Waals surface area contributed by atoms with Gasteiger partial charge in [-0.05, 0) is 51.2 Å². The number of rotatable bonds is 2. The third-order valence-electron chi connectivity index (χ3n) is 5.00. The Hall–Kier alpha value is -0.170. The van der Waals surface area contributed by atoms with Crippen LogP contribution in [0.2, 0.25) is 0 Å². The second-order valence-corrected chi connectivity index (χ2v) is 8.44. The van der Waals surface area contributed by atoms with Crippen molar-refractivity contribution in [3.8, 4) is 0 Å². The van der Waals surface area contributed by atoms with E-state index in [1.165, 1.54) is 12.8 Å². The number of aliphatic hydroxyl groups is 1. The number of sulfone groups is 1. The van der Waals surface area contributed by atoms with Gasteiger partial charge < -0.3 is 10.4 Å². The van der Waals surface area contributed by atoms with Gasteiger partial charge in [-0.15, -0.1) is 0 Å². The molecule has 5 nitrogen and oxygen atoms in total. The van der Waals surface area contributed by atoms with Crippen LogP contribution in [0.4, 0.5) is 0 Å². The van der Waals surface area contributed by atoms with E-state index in [-0.39, 0.29) is 17.5 Å². The molecule has 0 aromatic heterocycles. The fraction of sp³-hybridized carbons (Fsp3) is 1.00. The molecule has 0 aromatic carbocycles. The van der Waals surface area contributed by atoms with Crippen LogP contribution in [-0.4, -0.2) is 67.8 Å². The van der Waals surface area contributed by atoms with Crippen molar-refractivity contribution >= 4 is 9.84 Å². The summed E-state index contributed by atoms with van der Waals surface area (Å²) in [6.45, 7) is 3.00. The highest BCUT2D eigenvalue weighted by Gasteiger charge is 2.41. The molecule has 3 aliphatic heterocycles. The smallest absolute Gasteiger partial charge is 0.154 e. The van der Waals surface area contributed by atoms with E-state index in [9.17, 15) is 13.5 Å². The molecule has 0 saturated carbocycles. The number of piperidine rings is 1. The highest BCUT2D eigenvalue weighted by Crippen LogP contribution is 2.28. The molecule has 0 bridgehead atoms. The quantitative estimate of drug-likeness (QED) is 0.724. The molecule has 2 N–H and O–H groups in total. The van der Waals surface area contributed by atoms with Gasteiger partial charge in [-0.1, -0.05) is 0 Å². The highest BCUT2D eigenvalue weighted by atomic mass is 32.2. The van der Waals surface area contributed by atoms with Crippen LogP contribution < -0.4 is 5.32 Å². The van der Waals surface area contributed by atoms with Gasteiger partial charge in [0.25, 0.3) is 0 Å². The predicted molar refractivity (Wildman–Crippen MR) is 73.8 cm³/mol. The molecule has 0 amide bonds. The van der Waals surface area contributed by atoms with Gasteiger partial charge in [-0.2, -0.15) is 0 Å². The summed E-state index contributed by atoms with van der Waals surface area (Å²) in [5, 5.41) is 13.5.